The van der Waals surface area contributed by atoms with Crippen molar-refractivity contribution in [3.8, 4) is 0 Å². The van der Waals surface area contributed by atoms with Gasteiger partial charge in [0.1, 0.15) is 0 Å². The minimum Gasteiger partial charge on any atom is -0.358 e. The maximum atomic E-state index is 13.5. The number of aryl methyl sites for hydroxylation is 1. The molecule has 0 radical (unpaired) electrons. The molecule has 0 aromatic carbocycles. The van der Waals surface area contributed by atoms with Crippen LogP contribution < -0.4 is 5.43 Å². The van der Waals surface area contributed by atoms with Crippen LogP contribution in [0.4, 0.5) is 8.78 Å². The van der Waals surface area contributed by atoms with Gasteiger partial charge in [0.15, 0.2) is 5.43 Å². The molecule has 0 saturated heterocycles. The Morgan fingerprint density at radius 3 is 3.00 bits per heavy atom. The molecule has 0 bridgehead atoms. The van der Waals surface area contributed by atoms with E-state index in [0.29, 0.717) is 35.1 Å². The van der Waals surface area contributed by atoms with Gasteiger partial charge in [-0.15, -0.1) is 0 Å². The van der Waals surface area contributed by atoms with E-state index in [-0.39, 0.29) is 24.2 Å². The number of aromatic nitrogens is 2. The lowest BCUT2D eigenvalue weighted by Crippen LogP contribution is -2.26. The Kier molecular flexibility index (Phi) is 3.07. The van der Waals surface area contributed by atoms with Crippen molar-refractivity contribution in [1.29, 1.82) is 0 Å². The van der Waals surface area contributed by atoms with Crippen molar-refractivity contribution in [2.75, 3.05) is 0 Å². The second-order valence-corrected chi connectivity index (χ2v) is 5.56. The summed E-state index contributed by atoms with van der Waals surface area (Å²) in [5.41, 5.74) is 1.80. The third-order valence-electron chi connectivity index (χ3n) is 4.03. The predicted octanol–water partition coefficient (Wildman–Crippen LogP) is 3.52. The summed E-state index contributed by atoms with van der Waals surface area (Å²) < 4.78 is 27.0. The van der Waals surface area contributed by atoms with Crippen molar-refractivity contribution in [2.24, 2.45) is 0 Å². The summed E-state index contributed by atoms with van der Waals surface area (Å²) in [6, 6.07) is 3.18. The van der Waals surface area contributed by atoms with Gasteiger partial charge in [0, 0.05) is 36.7 Å². The molecule has 0 amide bonds. The number of fused-ring (bicyclic) bond motifs is 1. The van der Waals surface area contributed by atoms with E-state index >= 15 is 0 Å². The topological polar surface area (TPSA) is 45.8 Å². The average molecular weight is 278 g/mol. The van der Waals surface area contributed by atoms with Crippen molar-refractivity contribution < 1.29 is 8.78 Å². The van der Waals surface area contributed by atoms with Gasteiger partial charge in [-0.3, -0.25) is 9.78 Å². The van der Waals surface area contributed by atoms with E-state index in [1.807, 2.05) is 0 Å². The van der Waals surface area contributed by atoms with Crippen LogP contribution in [0.1, 0.15) is 43.0 Å². The van der Waals surface area contributed by atoms with Crippen LogP contribution in [0.3, 0.4) is 0 Å². The fraction of sp³-hybridized carbons (Fsp3) is 0.467. The molecule has 3 rings (SSSR count). The monoisotopic (exact) mass is 278 g/mol. The first kappa shape index (κ1) is 13.2. The Hall–Kier alpha value is -1.78. The SMILES string of the molecule is Cc1nccc2[nH]c([C@H]3CCCC(F)(F)C3)cc(=O)c12. The minimum atomic E-state index is -2.62. The van der Waals surface area contributed by atoms with Gasteiger partial charge in [0.2, 0.25) is 5.92 Å². The van der Waals surface area contributed by atoms with E-state index in [0.717, 1.165) is 0 Å². The van der Waals surface area contributed by atoms with Gasteiger partial charge in [-0.2, -0.15) is 0 Å². The van der Waals surface area contributed by atoms with Gasteiger partial charge in [-0.25, -0.2) is 8.78 Å². The maximum Gasteiger partial charge on any atom is 0.248 e. The maximum absolute atomic E-state index is 13.5. The molecule has 1 aliphatic carbocycles. The first-order valence-electron chi connectivity index (χ1n) is 6.83. The molecule has 2 aromatic rings. The first-order chi connectivity index (χ1) is 9.46. The number of alkyl halides is 2. The highest BCUT2D eigenvalue weighted by molar-refractivity contribution is 5.80. The predicted molar refractivity (Wildman–Crippen MR) is 73.3 cm³/mol. The number of halogens is 2. The fourth-order valence-corrected chi connectivity index (χ4v) is 3.04. The van der Waals surface area contributed by atoms with Crippen LogP contribution in [0, 0.1) is 6.92 Å². The minimum absolute atomic E-state index is 0.0512. The average Bonchev–Trinajstić information content (AvgIpc) is 2.37. The third-order valence-corrected chi connectivity index (χ3v) is 4.03. The summed E-state index contributed by atoms with van der Waals surface area (Å²) in [4.78, 5) is 19.4. The Bertz CT molecular complexity index is 709. The van der Waals surface area contributed by atoms with E-state index in [1.165, 1.54) is 6.07 Å². The molecule has 0 spiro atoms. The molecule has 20 heavy (non-hydrogen) atoms. The van der Waals surface area contributed by atoms with Crippen LogP contribution in [-0.2, 0) is 0 Å². The Morgan fingerprint density at radius 1 is 1.45 bits per heavy atom. The van der Waals surface area contributed by atoms with Crippen LogP contribution in [-0.4, -0.2) is 15.9 Å². The summed E-state index contributed by atoms with van der Waals surface area (Å²) in [5.74, 6) is -2.90. The van der Waals surface area contributed by atoms with E-state index in [9.17, 15) is 13.6 Å². The fourth-order valence-electron chi connectivity index (χ4n) is 3.04. The van der Waals surface area contributed by atoms with Crippen molar-refractivity contribution >= 4 is 10.9 Å². The Balaban J connectivity index is 2.07. The molecule has 106 valence electrons. The van der Waals surface area contributed by atoms with Crippen LogP contribution >= 0.6 is 0 Å². The number of aromatic amines is 1. The quantitative estimate of drug-likeness (QED) is 0.867. The van der Waals surface area contributed by atoms with E-state index in [4.69, 9.17) is 0 Å². The zero-order valence-corrected chi connectivity index (χ0v) is 11.2. The van der Waals surface area contributed by atoms with Crippen LogP contribution in [0.5, 0.6) is 0 Å². The van der Waals surface area contributed by atoms with Gasteiger partial charge in [-0.1, -0.05) is 0 Å². The molecule has 3 nitrogen and oxygen atoms in total. The second-order valence-electron chi connectivity index (χ2n) is 5.56. The number of hydrogen-bond donors (Lipinski definition) is 1. The molecule has 0 aliphatic heterocycles. The molecule has 5 heteroatoms. The summed E-state index contributed by atoms with van der Waals surface area (Å²) in [5, 5.41) is 0.541. The summed E-state index contributed by atoms with van der Waals surface area (Å²) in [7, 11) is 0. The normalized spacial score (nSPS) is 22.1. The summed E-state index contributed by atoms with van der Waals surface area (Å²) in [6.45, 7) is 1.77. The lowest BCUT2D eigenvalue weighted by Gasteiger charge is -2.29. The van der Waals surface area contributed by atoms with Crippen molar-refractivity contribution in [3.05, 3.63) is 39.9 Å². The van der Waals surface area contributed by atoms with Gasteiger partial charge in [0.25, 0.3) is 0 Å². The standard InChI is InChI=1S/C15H16F2N2O/c1-9-14-11(4-6-18-9)19-12(7-13(14)20)10-3-2-5-15(16,17)8-10/h4,6-7,10H,2-3,5,8H2,1H3,(H,19,20)/t10-/m0/s1. The largest absolute Gasteiger partial charge is 0.358 e. The molecule has 1 atom stereocenters. The van der Waals surface area contributed by atoms with Crippen molar-refractivity contribution in [3.63, 3.8) is 0 Å². The number of H-pyrrole nitrogens is 1. The van der Waals surface area contributed by atoms with Gasteiger partial charge >= 0.3 is 0 Å². The molecule has 2 aromatic heterocycles. The van der Waals surface area contributed by atoms with E-state index in [1.54, 1.807) is 19.2 Å². The molecule has 1 fully saturated rings. The van der Waals surface area contributed by atoms with Crippen LogP contribution in [0.15, 0.2) is 23.1 Å². The molecular weight excluding hydrogens is 262 g/mol. The number of nitrogens with one attached hydrogen (secondary N) is 1. The van der Waals surface area contributed by atoms with Crippen LogP contribution in [0.2, 0.25) is 0 Å². The highest BCUT2D eigenvalue weighted by atomic mass is 19.3. The highest BCUT2D eigenvalue weighted by Gasteiger charge is 2.37. The molecular formula is C15H16F2N2O. The Morgan fingerprint density at radius 2 is 2.25 bits per heavy atom. The number of nitrogens with zero attached hydrogens (tertiary/aromatic N) is 1. The molecule has 1 saturated carbocycles. The van der Waals surface area contributed by atoms with Gasteiger partial charge in [-0.05, 0) is 25.8 Å². The summed E-state index contributed by atoms with van der Waals surface area (Å²) >= 11 is 0. The van der Waals surface area contributed by atoms with E-state index in [2.05, 4.69) is 9.97 Å². The summed E-state index contributed by atoms with van der Waals surface area (Å²) in [6.07, 6.45) is 2.57. The molecule has 1 N–H and O–H groups in total. The molecule has 2 heterocycles. The number of rotatable bonds is 1. The lowest BCUT2D eigenvalue weighted by molar-refractivity contribution is -0.0412. The van der Waals surface area contributed by atoms with Crippen LogP contribution in [0.25, 0.3) is 10.9 Å². The van der Waals surface area contributed by atoms with Gasteiger partial charge in [0.05, 0.1) is 16.6 Å². The molecule has 0 unspecified atom stereocenters. The Labute approximate surface area is 115 Å². The lowest BCUT2D eigenvalue weighted by atomic mass is 9.84. The van der Waals surface area contributed by atoms with Gasteiger partial charge < -0.3 is 4.98 Å². The second kappa shape index (κ2) is 4.65. The first-order valence-corrected chi connectivity index (χ1v) is 6.83. The number of hydrogen-bond acceptors (Lipinski definition) is 2. The zero-order valence-electron chi connectivity index (χ0n) is 11.2. The van der Waals surface area contributed by atoms with Crippen molar-refractivity contribution in [1.82, 2.24) is 9.97 Å². The number of pyridine rings is 2. The smallest absolute Gasteiger partial charge is 0.248 e. The highest BCUT2D eigenvalue weighted by Crippen LogP contribution is 2.41. The third kappa shape index (κ3) is 2.32. The van der Waals surface area contributed by atoms with Crippen molar-refractivity contribution in [2.45, 2.75) is 44.4 Å². The zero-order chi connectivity index (χ0) is 14.3. The molecule has 1 aliphatic rings. The van der Waals surface area contributed by atoms with E-state index < -0.39 is 5.92 Å².